The Bertz CT molecular complexity index is 793. The lowest BCUT2D eigenvalue weighted by molar-refractivity contribution is -0.386. The standard InChI is InChI=1S/C11H13N5O4S/c1-6-10(7(2)14-13-6)15-21(19,20)9-5-3-4-8(12)11(9)16(17)18/h3-5,15H,12H2,1-2H3,(H,13,14). The number of nitrogens with one attached hydrogen (secondary N) is 2. The molecule has 0 unspecified atom stereocenters. The zero-order valence-corrected chi connectivity index (χ0v) is 12.1. The number of anilines is 2. The second kappa shape index (κ2) is 5.05. The van der Waals surface area contributed by atoms with Gasteiger partial charge in [0.25, 0.3) is 10.0 Å². The smallest absolute Gasteiger partial charge is 0.312 e. The van der Waals surface area contributed by atoms with Crippen LogP contribution in [-0.2, 0) is 10.0 Å². The quantitative estimate of drug-likeness (QED) is 0.441. The third-order valence-corrected chi connectivity index (χ3v) is 4.25. The van der Waals surface area contributed by atoms with Gasteiger partial charge in [0.2, 0.25) is 0 Å². The highest BCUT2D eigenvalue weighted by atomic mass is 32.2. The molecule has 0 fully saturated rings. The van der Waals surface area contributed by atoms with Crippen LogP contribution in [-0.4, -0.2) is 23.5 Å². The molecule has 0 aliphatic rings. The number of benzene rings is 1. The summed E-state index contributed by atoms with van der Waals surface area (Å²) in [5, 5.41) is 17.5. The number of aryl methyl sites for hydroxylation is 2. The van der Waals surface area contributed by atoms with E-state index in [0.29, 0.717) is 11.4 Å². The Morgan fingerprint density at radius 2 is 2.05 bits per heavy atom. The number of nitrogen functional groups attached to an aromatic ring is 1. The maximum absolute atomic E-state index is 12.4. The van der Waals surface area contributed by atoms with Gasteiger partial charge in [0, 0.05) is 0 Å². The molecule has 1 heterocycles. The van der Waals surface area contributed by atoms with Gasteiger partial charge in [-0.25, -0.2) is 8.42 Å². The minimum atomic E-state index is -4.16. The van der Waals surface area contributed by atoms with Crippen molar-refractivity contribution in [2.75, 3.05) is 10.5 Å². The van der Waals surface area contributed by atoms with Crippen molar-refractivity contribution < 1.29 is 13.3 Å². The highest BCUT2D eigenvalue weighted by Crippen LogP contribution is 2.31. The molecule has 2 rings (SSSR count). The minimum absolute atomic E-state index is 0.219. The molecule has 0 aliphatic heterocycles. The number of nitro groups is 1. The highest BCUT2D eigenvalue weighted by Gasteiger charge is 2.29. The summed E-state index contributed by atoms with van der Waals surface area (Å²) in [6, 6.07) is 3.74. The normalized spacial score (nSPS) is 11.3. The van der Waals surface area contributed by atoms with E-state index in [0.717, 1.165) is 6.07 Å². The second-order valence-corrected chi connectivity index (χ2v) is 6.02. The van der Waals surface area contributed by atoms with Crippen LogP contribution in [0.3, 0.4) is 0 Å². The van der Waals surface area contributed by atoms with E-state index in [-0.39, 0.29) is 11.4 Å². The molecule has 0 saturated carbocycles. The van der Waals surface area contributed by atoms with E-state index < -0.39 is 25.5 Å². The molecule has 0 aliphatic carbocycles. The van der Waals surface area contributed by atoms with Gasteiger partial charge < -0.3 is 5.73 Å². The van der Waals surface area contributed by atoms with Crippen molar-refractivity contribution in [3.05, 3.63) is 39.7 Å². The molecule has 0 bridgehead atoms. The molecule has 10 heteroatoms. The first-order valence-electron chi connectivity index (χ1n) is 5.81. The van der Waals surface area contributed by atoms with Crippen molar-refractivity contribution in [1.82, 2.24) is 10.2 Å². The predicted octanol–water partition coefficient (Wildman–Crippen LogP) is 1.32. The predicted molar refractivity (Wildman–Crippen MR) is 76.4 cm³/mol. The fourth-order valence-electron chi connectivity index (χ4n) is 1.84. The Labute approximate surface area is 120 Å². The van der Waals surface area contributed by atoms with E-state index in [2.05, 4.69) is 14.9 Å². The van der Waals surface area contributed by atoms with Crippen LogP contribution >= 0.6 is 0 Å². The number of nitrogens with two attached hydrogens (primary N) is 1. The fraction of sp³-hybridized carbons (Fsp3) is 0.182. The number of hydrogen-bond acceptors (Lipinski definition) is 6. The van der Waals surface area contributed by atoms with Gasteiger partial charge in [-0.3, -0.25) is 19.9 Å². The summed E-state index contributed by atoms with van der Waals surface area (Å²) in [4.78, 5) is 9.73. The lowest BCUT2D eigenvalue weighted by atomic mass is 10.3. The average Bonchev–Trinajstić information content (AvgIpc) is 2.69. The van der Waals surface area contributed by atoms with E-state index >= 15 is 0 Å². The fourth-order valence-corrected chi connectivity index (χ4v) is 3.23. The van der Waals surface area contributed by atoms with E-state index in [9.17, 15) is 18.5 Å². The van der Waals surface area contributed by atoms with Crippen LogP contribution in [0.2, 0.25) is 0 Å². The van der Waals surface area contributed by atoms with Crippen molar-refractivity contribution in [2.24, 2.45) is 0 Å². The van der Waals surface area contributed by atoms with Gasteiger partial charge in [-0.05, 0) is 26.0 Å². The molecule has 21 heavy (non-hydrogen) atoms. The summed E-state index contributed by atoms with van der Waals surface area (Å²) in [5.41, 5.74) is 5.82. The molecule has 0 saturated heterocycles. The minimum Gasteiger partial charge on any atom is -0.393 e. The van der Waals surface area contributed by atoms with Crippen LogP contribution in [0.5, 0.6) is 0 Å². The van der Waals surface area contributed by atoms with E-state index in [1.54, 1.807) is 13.8 Å². The molecular formula is C11H13N5O4S. The molecular weight excluding hydrogens is 298 g/mol. The Morgan fingerprint density at radius 3 is 2.57 bits per heavy atom. The first kappa shape index (κ1) is 14.8. The Balaban J connectivity index is 2.56. The number of aromatic nitrogens is 2. The van der Waals surface area contributed by atoms with Crippen LogP contribution in [0.15, 0.2) is 23.1 Å². The zero-order chi connectivity index (χ0) is 15.8. The van der Waals surface area contributed by atoms with Gasteiger partial charge in [0.05, 0.1) is 22.0 Å². The average molecular weight is 311 g/mol. The molecule has 1 aromatic heterocycles. The number of nitro benzene ring substituents is 1. The summed E-state index contributed by atoms with van der Waals surface area (Å²) in [7, 11) is -4.16. The SMILES string of the molecule is Cc1n[nH]c(C)c1NS(=O)(=O)c1cccc(N)c1[N+](=O)[O-]. The topological polar surface area (TPSA) is 144 Å². The number of aromatic amines is 1. The summed E-state index contributed by atoms with van der Waals surface area (Å²) >= 11 is 0. The van der Waals surface area contributed by atoms with Gasteiger partial charge in [-0.15, -0.1) is 0 Å². The molecule has 4 N–H and O–H groups in total. The van der Waals surface area contributed by atoms with Gasteiger partial charge >= 0.3 is 5.69 Å². The summed E-state index contributed by atoms with van der Waals surface area (Å²) in [5.74, 6) is 0. The first-order valence-corrected chi connectivity index (χ1v) is 7.29. The lowest BCUT2D eigenvalue weighted by Crippen LogP contribution is -2.16. The summed E-state index contributed by atoms with van der Waals surface area (Å²) in [6.07, 6.45) is 0. The van der Waals surface area contributed by atoms with Crippen molar-refractivity contribution in [1.29, 1.82) is 0 Å². The van der Waals surface area contributed by atoms with Gasteiger partial charge in [0.1, 0.15) is 5.69 Å². The van der Waals surface area contributed by atoms with Crippen LogP contribution in [0.1, 0.15) is 11.4 Å². The summed E-state index contributed by atoms with van der Waals surface area (Å²) in [6.45, 7) is 3.24. The molecule has 9 nitrogen and oxygen atoms in total. The first-order chi connectivity index (χ1) is 9.74. The third-order valence-electron chi connectivity index (χ3n) is 2.87. The number of sulfonamides is 1. The van der Waals surface area contributed by atoms with Crippen molar-refractivity contribution in [3.8, 4) is 0 Å². The highest BCUT2D eigenvalue weighted by molar-refractivity contribution is 7.92. The van der Waals surface area contributed by atoms with Gasteiger partial charge in [0.15, 0.2) is 4.90 Å². The van der Waals surface area contributed by atoms with Crippen LogP contribution in [0.4, 0.5) is 17.1 Å². The van der Waals surface area contributed by atoms with Crippen LogP contribution < -0.4 is 10.5 Å². The number of para-hydroxylation sites is 1. The van der Waals surface area contributed by atoms with Crippen LogP contribution in [0.25, 0.3) is 0 Å². The molecule has 0 atom stereocenters. The van der Waals surface area contributed by atoms with Gasteiger partial charge in [-0.1, -0.05) is 6.07 Å². The van der Waals surface area contributed by atoms with E-state index in [1.807, 2.05) is 0 Å². The molecule has 0 spiro atoms. The number of rotatable bonds is 4. The molecule has 1 aromatic carbocycles. The van der Waals surface area contributed by atoms with Crippen molar-refractivity contribution >= 4 is 27.1 Å². The Kier molecular flexibility index (Phi) is 3.56. The Morgan fingerprint density at radius 1 is 1.38 bits per heavy atom. The number of nitrogens with zero attached hydrogens (tertiary/aromatic N) is 2. The third kappa shape index (κ3) is 2.65. The Hall–Kier alpha value is -2.62. The molecule has 0 amide bonds. The van der Waals surface area contributed by atoms with Crippen molar-refractivity contribution in [3.63, 3.8) is 0 Å². The number of hydrogen-bond donors (Lipinski definition) is 3. The monoisotopic (exact) mass is 311 g/mol. The molecule has 112 valence electrons. The van der Waals surface area contributed by atoms with Crippen LogP contribution in [0, 0.1) is 24.0 Å². The summed E-state index contributed by atoms with van der Waals surface area (Å²) < 4.78 is 27.0. The number of H-pyrrole nitrogens is 1. The largest absolute Gasteiger partial charge is 0.393 e. The van der Waals surface area contributed by atoms with E-state index in [4.69, 9.17) is 5.73 Å². The maximum Gasteiger partial charge on any atom is 0.312 e. The van der Waals surface area contributed by atoms with Gasteiger partial charge in [-0.2, -0.15) is 5.10 Å². The zero-order valence-electron chi connectivity index (χ0n) is 11.2. The van der Waals surface area contributed by atoms with E-state index in [1.165, 1.54) is 12.1 Å². The van der Waals surface area contributed by atoms with Crippen molar-refractivity contribution in [2.45, 2.75) is 18.7 Å². The lowest BCUT2D eigenvalue weighted by Gasteiger charge is -2.09. The maximum atomic E-state index is 12.4. The molecule has 0 radical (unpaired) electrons. The molecule has 2 aromatic rings. The second-order valence-electron chi connectivity index (χ2n) is 4.37.